The second-order valence-electron chi connectivity index (χ2n) is 14.2. The third kappa shape index (κ3) is 12.0. The van der Waals surface area contributed by atoms with E-state index in [0.29, 0.717) is 0 Å². The highest BCUT2D eigenvalue weighted by Gasteiger charge is 2.33. The van der Waals surface area contributed by atoms with Crippen LogP contribution in [0, 0.1) is 5.92 Å². The van der Waals surface area contributed by atoms with Gasteiger partial charge in [0.25, 0.3) is 0 Å². The normalized spacial score (nSPS) is 13.9. The number of nitrogens with one attached hydrogen (secondary N) is 4. The number of aliphatic carboxylic acids is 1. The van der Waals surface area contributed by atoms with Crippen LogP contribution in [-0.4, -0.2) is 90.6 Å². The van der Waals surface area contributed by atoms with Gasteiger partial charge in [-0.05, 0) is 45.7 Å². The Morgan fingerprint density at radius 1 is 0.603 bits per heavy atom. The molecule has 0 aliphatic heterocycles. The predicted molar refractivity (Wildman–Crippen MR) is 214 cm³/mol. The van der Waals surface area contributed by atoms with Gasteiger partial charge in [0.1, 0.15) is 30.8 Å². The molecule has 0 radical (unpaired) electrons. The van der Waals surface area contributed by atoms with Crippen LogP contribution in [0.1, 0.15) is 48.4 Å². The maximum absolute atomic E-state index is 13.9. The number of carbonyl (C=O) groups is 5. The number of carboxylic acids is 1. The summed E-state index contributed by atoms with van der Waals surface area (Å²) in [4.78, 5) is 66.2. The van der Waals surface area contributed by atoms with Gasteiger partial charge in [0.2, 0.25) is 17.7 Å². The summed E-state index contributed by atoms with van der Waals surface area (Å²) in [5.41, 5.74) is 5.74. The molecule has 6 N–H and O–H groups in total. The molecule has 0 bridgehead atoms. The Hall–Kier alpha value is -6.09. The summed E-state index contributed by atoms with van der Waals surface area (Å²) in [5, 5.41) is 29.7. The number of fused-ring (bicyclic) bond motifs is 3. The second-order valence-corrected chi connectivity index (χ2v) is 14.2. The van der Waals surface area contributed by atoms with Gasteiger partial charge in [-0.25, -0.2) is 9.59 Å². The van der Waals surface area contributed by atoms with Crippen LogP contribution in [0.25, 0.3) is 11.1 Å². The highest BCUT2D eigenvalue weighted by Crippen LogP contribution is 2.44. The Bertz CT molecular complexity index is 1950. The molecule has 4 aromatic carbocycles. The van der Waals surface area contributed by atoms with E-state index in [1.165, 1.54) is 0 Å². The number of aliphatic hydroxyl groups is 1. The van der Waals surface area contributed by atoms with E-state index in [4.69, 9.17) is 14.2 Å². The molecular formula is C44H50N4O10. The van der Waals surface area contributed by atoms with E-state index in [1.807, 2.05) is 109 Å². The molecule has 14 heteroatoms. The first-order valence-electron chi connectivity index (χ1n) is 19.1. The van der Waals surface area contributed by atoms with Crippen molar-refractivity contribution in [2.45, 2.75) is 63.6 Å². The van der Waals surface area contributed by atoms with Crippen molar-refractivity contribution in [3.8, 4) is 11.1 Å². The van der Waals surface area contributed by atoms with Gasteiger partial charge < -0.3 is 45.7 Å². The minimum atomic E-state index is -1.39. The lowest BCUT2D eigenvalue weighted by Gasteiger charge is -2.26. The fourth-order valence-electron chi connectivity index (χ4n) is 6.60. The van der Waals surface area contributed by atoms with E-state index >= 15 is 0 Å². The summed E-state index contributed by atoms with van der Waals surface area (Å²) in [7, 11) is 0. The summed E-state index contributed by atoms with van der Waals surface area (Å²) >= 11 is 0. The Morgan fingerprint density at radius 3 is 1.55 bits per heavy atom. The Kier molecular flexibility index (Phi) is 15.9. The molecular weight excluding hydrogens is 745 g/mol. The first-order chi connectivity index (χ1) is 28.0. The smallest absolute Gasteiger partial charge is 0.407 e. The number of ether oxygens (including phenoxy) is 3. The lowest BCUT2D eigenvalue weighted by atomic mass is 9.98. The molecule has 0 unspecified atom stereocenters. The van der Waals surface area contributed by atoms with E-state index in [1.54, 1.807) is 13.8 Å². The van der Waals surface area contributed by atoms with E-state index in [2.05, 4.69) is 21.3 Å². The van der Waals surface area contributed by atoms with Crippen LogP contribution in [-0.2, 0) is 46.6 Å². The fourth-order valence-corrected chi connectivity index (χ4v) is 6.60. The number of alkyl carbamates (subject to hydrolysis) is 1. The lowest BCUT2D eigenvalue weighted by Crippen LogP contribution is -2.59. The van der Waals surface area contributed by atoms with Crippen LogP contribution >= 0.6 is 0 Å². The number of aliphatic hydroxyl groups excluding tert-OH is 1. The number of amides is 4. The van der Waals surface area contributed by atoms with Crippen molar-refractivity contribution in [1.29, 1.82) is 0 Å². The average Bonchev–Trinajstić information content (AvgIpc) is 3.54. The molecule has 0 spiro atoms. The molecule has 0 aromatic heterocycles. The van der Waals surface area contributed by atoms with E-state index in [-0.39, 0.29) is 45.4 Å². The molecule has 0 fully saturated rings. The molecule has 0 heterocycles. The first kappa shape index (κ1) is 43.0. The van der Waals surface area contributed by atoms with Crippen molar-refractivity contribution >= 4 is 29.8 Å². The van der Waals surface area contributed by atoms with Crippen molar-refractivity contribution in [2.24, 2.45) is 5.92 Å². The molecule has 306 valence electrons. The topological polar surface area (TPSA) is 202 Å². The maximum atomic E-state index is 13.9. The number of hydrogen-bond acceptors (Lipinski definition) is 9. The van der Waals surface area contributed by atoms with Gasteiger partial charge in [-0.15, -0.1) is 0 Å². The molecule has 4 aromatic rings. The predicted octanol–water partition coefficient (Wildman–Crippen LogP) is 3.90. The van der Waals surface area contributed by atoms with Gasteiger partial charge in [-0.1, -0.05) is 123 Å². The van der Waals surface area contributed by atoms with E-state index in [0.717, 1.165) is 33.4 Å². The Labute approximate surface area is 337 Å². The average molecular weight is 795 g/mol. The van der Waals surface area contributed by atoms with Gasteiger partial charge in [0.05, 0.1) is 26.4 Å². The summed E-state index contributed by atoms with van der Waals surface area (Å²) < 4.78 is 17.3. The van der Waals surface area contributed by atoms with Crippen molar-refractivity contribution in [3.63, 3.8) is 0 Å². The monoisotopic (exact) mass is 794 g/mol. The van der Waals surface area contributed by atoms with Crippen LogP contribution in [0.15, 0.2) is 109 Å². The van der Waals surface area contributed by atoms with Gasteiger partial charge in [0.15, 0.2) is 0 Å². The molecule has 1 aliphatic carbocycles. The van der Waals surface area contributed by atoms with Gasteiger partial charge in [-0.3, -0.25) is 14.4 Å². The number of rotatable bonds is 21. The third-order valence-electron chi connectivity index (χ3n) is 9.66. The zero-order valence-electron chi connectivity index (χ0n) is 32.5. The summed E-state index contributed by atoms with van der Waals surface area (Å²) in [5.74, 6) is -4.45. The van der Waals surface area contributed by atoms with Crippen LogP contribution < -0.4 is 21.3 Å². The van der Waals surface area contributed by atoms with Crippen LogP contribution in [0.3, 0.4) is 0 Å². The summed E-state index contributed by atoms with van der Waals surface area (Å²) in [6.45, 7) is 2.29. The van der Waals surface area contributed by atoms with Gasteiger partial charge >= 0.3 is 12.1 Å². The number of hydrogen-bond donors (Lipinski definition) is 6. The van der Waals surface area contributed by atoms with Crippen molar-refractivity contribution in [3.05, 3.63) is 131 Å². The molecule has 14 nitrogen and oxygen atoms in total. The number of carbonyl (C=O) groups excluding carboxylic acids is 4. The summed E-state index contributed by atoms with van der Waals surface area (Å²) in [6, 6.07) is 28.7. The van der Waals surface area contributed by atoms with E-state index in [9.17, 15) is 34.2 Å². The van der Waals surface area contributed by atoms with E-state index < -0.39 is 66.5 Å². The van der Waals surface area contributed by atoms with Gasteiger partial charge in [0, 0.05) is 12.5 Å². The van der Waals surface area contributed by atoms with Crippen LogP contribution in [0.2, 0.25) is 0 Å². The largest absolute Gasteiger partial charge is 0.480 e. The fraction of sp³-hybridized carbons (Fsp3) is 0.341. The Morgan fingerprint density at radius 2 is 1.05 bits per heavy atom. The van der Waals surface area contributed by atoms with Crippen molar-refractivity contribution in [2.75, 3.05) is 26.4 Å². The molecule has 5 rings (SSSR count). The zero-order valence-corrected chi connectivity index (χ0v) is 32.5. The number of carboxylic acid groups (broad SMARTS) is 1. The second kappa shape index (κ2) is 21.4. The molecule has 58 heavy (non-hydrogen) atoms. The highest BCUT2D eigenvalue weighted by molar-refractivity contribution is 5.95. The van der Waals surface area contributed by atoms with Crippen molar-refractivity contribution in [1.82, 2.24) is 21.3 Å². The zero-order chi connectivity index (χ0) is 41.4. The molecule has 0 saturated carbocycles. The molecule has 1 aliphatic rings. The maximum Gasteiger partial charge on any atom is 0.407 e. The first-order valence-corrected chi connectivity index (χ1v) is 19.1. The minimum absolute atomic E-state index is 0.00996. The quantitative estimate of drug-likeness (QED) is 0.0719. The molecule has 4 atom stereocenters. The van der Waals surface area contributed by atoms with Crippen LogP contribution in [0.5, 0.6) is 0 Å². The van der Waals surface area contributed by atoms with Crippen LogP contribution in [0.4, 0.5) is 4.79 Å². The minimum Gasteiger partial charge on any atom is -0.480 e. The molecule has 4 amide bonds. The third-order valence-corrected chi connectivity index (χ3v) is 9.66. The standard InChI is InChI=1S/C44H50N4O10/c1-28(2)39(43(53)54)48-42(52)37(26-56-23-29-13-5-3-6-14-29)46-40(50)36(21-22-49)45-41(51)38(27-57-24-30-15-7-4-8-16-30)47-44(55)58-25-35-33-19-11-9-17-31(33)32-18-10-12-20-34(32)35/h3-20,28,35-39,49H,21-27H2,1-2H3,(H,45,51)(H,46,50)(H,47,55)(H,48,52)(H,53,54)/t36-,37-,38-,39-/m0/s1. The summed E-state index contributed by atoms with van der Waals surface area (Å²) in [6.07, 6.45) is -1.15. The number of benzene rings is 4. The molecule has 0 saturated heterocycles. The van der Waals surface area contributed by atoms with Crippen molar-refractivity contribution < 1.29 is 48.4 Å². The van der Waals surface area contributed by atoms with Gasteiger partial charge in [-0.2, -0.15) is 0 Å². The highest BCUT2D eigenvalue weighted by atomic mass is 16.5. The SMILES string of the molecule is CC(C)[C@H](NC(=O)[C@H](COCc1ccccc1)NC(=O)[C@H](CCO)NC(=O)[C@H](COCc1ccccc1)NC(=O)OCC1c2ccccc2-c2ccccc21)C(=O)O. The lowest BCUT2D eigenvalue weighted by molar-refractivity contribution is -0.144. The Balaban J connectivity index is 1.27.